The zero-order valence-corrected chi connectivity index (χ0v) is 11.8. The van der Waals surface area contributed by atoms with Crippen molar-refractivity contribution >= 4 is 19.4 Å². The van der Waals surface area contributed by atoms with Gasteiger partial charge in [0.1, 0.15) is 0 Å². The van der Waals surface area contributed by atoms with Crippen LogP contribution in [-0.2, 0) is 0 Å². The second-order valence-corrected chi connectivity index (χ2v) is 4.76. The molecule has 1 aromatic heterocycles. The molecule has 2 radical (unpaired) electrons. The number of hydrogen-bond donors (Lipinski definition) is 0. The Morgan fingerprint density at radius 3 is 2.00 bits per heavy atom. The van der Waals surface area contributed by atoms with Gasteiger partial charge in [-0.05, 0) is 36.6 Å². The number of aryl methyl sites for hydroxylation is 2. The summed E-state index contributed by atoms with van der Waals surface area (Å²) in [5, 5.41) is 0.748. The zero-order valence-electron chi connectivity index (χ0n) is 11.0. The van der Waals surface area contributed by atoms with E-state index in [2.05, 4.69) is 11.1 Å². The highest BCUT2D eigenvalue weighted by Gasteiger charge is 2.00. The second kappa shape index (κ2) is 7.22. The Labute approximate surface area is 116 Å². The van der Waals surface area contributed by atoms with Crippen LogP contribution in [0.5, 0.6) is 0 Å². The maximum absolute atomic E-state index is 5.84. The summed E-state index contributed by atoms with van der Waals surface area (Å²) in [6.07, 6.45) is 3.71. The summed E-state index contributed by atoms with van der Waals surface area (Å²) in [5.41, 5.74) is 3.46. The number of pyridine rings is 1. The van der Waals surface area contributed by atoms with Crippen LogP contribution in [-0.4, -0.2) is 12.8 Å². The molecule has 0 fully saturated rings. The normalized spacial score (nSPS) is 11.3. The van der Waals surface area contributed by atoms with Gasteiger partial charge >= 0.3 is 0 Å². The van der Waals surface area contributed by atoms with Crippen molar-refractivity contribution in [2.75, 3.05) is 0 Å². The third-order valence-corrected chi connectivity index (χ3v) is 2.75. The van der Waals surface area contributed by atoms with Crippen LogP contribution < -0.4 is 0 Å². The van der Waals surface area contributed by atoms with E-state index < -0.39 is 0 Å². The maximum atomic E-state index is 5.84. The largest absolute Gasteiger partial charge is 0.264 e. The predicted octanol–water partition coefficient (Wildman–Crippen LogP) is 4.27. The third-order valence-electron chi connectivity index (χ3n) is 2.41. The molecule has 1 atom stereocenters. The smallest absolute Gasteiger partial charge is 0.0760 e. The van der Waals surface area contributed by atoms with Gasteiger partial charge in [0, 0.05) is 17.4 Å². The predicted molar refractivity (Wildman–Crippen MR) is 79.3 cm³/mol. The van der Waals surface area contributed by atoms with Crippen molar-refractivity contribution in [3.05, 3.63) is 64.4 Å². The summed E-state index contributed by atoms with van der Waals surface area (Å²) >= 11 is 5.84. The lowest BCUT2D eigenvalue weighted by molar-refractivity contribution is 1.08. The zero-order chi connectivity index (χ0) is 13.5. The summed E-state index contributed by atoms with van der Waals surface area (Å²) in [4.78, 5) is 3.98. The van der Waals surface area contributed by atoms with Gasteiger partial charge in [-0.25, -0.2) is 0 Å². The number of nitrogens with zero attached hydrogens (tertiary/aromatic N) is 1. The van der Waals surface area contributed by atoms with Crippen LogP contribution >= 0.6 is 11.6 Å². The molecule has 1 nitrogen and oxygen atoms in total. The first-order valence-corrected chi connectivity index (χ1v) is 6.26. The van der Waals surface area contributed by atoms with Gasteiger partial charge in [0.05, 0.1) is 7.85 Å². The van der Waals surface area contributed by atoms with Crippen LogP contribution in [0.25, 0.3) is 0 Å². The molecular formula is C15H17BClN. The lowest BCUT2D eigenvalue weighted by Gasteiger charge is -2.06. The molecular weight excluding hydrogens is 240 g/mol. The van der Waals surface area contributed by atoms with Crippen LogP contribution in [0, 0.1) is 13.8 Å². The highest BCUT2D eigenvalue weighted by atomic mass is 35.5. The number of rotatable bonds is 1. The minimum absolute atomic E-state index is 0.0219. The van der Waals surface area contributed by atoms with E-state index in [4.69, 9.17) is 19.4 Å². The fourth-order valence-corrected chi connectivity index (χ4v) is 1.86. The van der Waals surface area contributed by atoms with Gasteiger partial charge in [0.2, 0.25) is 0 Å². The standard InChI is InChI=1S/C8H8BCl.C7H9N/c1-6(9)7-4-2-3-5-8(7)10;1-6-3-7(2)5-8-4-6/h2-6H,1H3;3-5H,1-2H3. The monoisotopic (exact) mass is 257 g/mol. The van der Waals surface area contributed by atoms with Gasteiger partial charge in [0.15, 0.2) is 0 Å². The van der Waals surface area contributed by atoms with Crippen LogP contribution in [0.4, 0.5) is 0 Å². The molecule has 0 aliphatic carbocycles. The Kier molecular flexibility index (Phi) is 5.93. The van der Waals surface area contributed by atoms with Crippen molar-refractivity contribution in [1.82, 2.24) is 4.98 Å². The number of benzene rings is 1. The van der Waals surface area contributed by atoms with E-state index in [1.165, 1.54) is 11.1 Å². The minimum Gasteiger partial charge on any atom is -0.264 e. The highest BCUT2D eigenvalue weighted by molar-refractivity contribution is 6.32. The van der Waals surface area contributed by atoms with Crippen LogP contribution in [0.15, 0.2) is 42.7 Å². The lowest BCUT2D eigenvalue weighted by Crippen LogP contribution is -1.91. The first kappa shape index (κ1) is 14.8. The first-order valence-electron chi connectivity index (χ1n) is 5.89. The molecule has 1 heterocycles. The van der Waals surface area contributed by atoms with Crippen molar-refractivity contribution in [2.24, 2.45) is 0 Å². The highest BCUT2D eigenvalue weighted by Crippen LogP contribution is 2.20. The summed E-state index contributed by atoms with van der Waals surface area (Å²) in [7, 11) is 5.63. The fourth-order valence-electron chi connectivity index (χ4n) is 1.55. The molecule has 92 valence electrons. The summed E-state index contributed by atoms with van der Waals surface area (Å²) in [6.45, 7) is 6.00. The van der Waals surface area contributed by atoms with Gasteiger partial charge in [-0.2, -0.15) is 0 Å². The number of hydrogen-bond acceptors (Lipinski definition) is 1. The molecule has 0 spiro atoms. The van der Waals surface area contributed by atoms with Gasteiger partial charge in [-0.3, -0.25) is 4.98 Å². The van der Waals surface area contributed by atoms with E-state index in [0.717, 1.165) is 10.6 Å². The molecule has 18 heavy (non-hydrogen) atoms. The maximum Gasteiger partial charge on any atom is 0.0760 e. The molecule has 3 heteroatoms. The Hall–Kier alpha value is -1.28. The van der Waals surface area contributed by atoms with Crippen molar-refractivity contribution in [2.45, 2.75) is 26.6 Å². The molecule has 0 N–H and O–H groups in total. The van der Waals surface area contributed by atoms with Crippen LogP contribution in [0.3, 0.4) is 0 Å². The Balaban J connectivity index is 0.000000184. The average Bonchev–Trinajstić information content (AvgIpc) is 2.29. The summed E-state index contributed by atoms with van der Waals surface area (Å²) in [6, 6.07) is 9.72. The van der Waals surface area contributed by atoms with E-state index in [0.29, 0.717) is 0 Å². The van der Waals surface area contributed by atoms with E-state index in [1.54, 1.807) is 0 Å². The van der Waals surface area contributed by atoms with Gasteiger partial charge in [0.25, 0.3) is 0 Å². The Morgan fingerprint density at radius 2 is 1.67 bits per heavy atom. The number of aromatic nitrogens is 1. The second-order valence-electron chi connectivity index (χ2n) is 4.35. The van der Waals surface area contributed by atoms with E-state index in [9.17, 15) is 0 Å². The molecule has 0 aliphatic heterocycles. The Morgan fingerprint density at radius 1 is 1.11 bits per heavy atom. The average molecular weight is 258 g/mol. The van der Waals surface area contributed by atoms with Crippen molar-refractivity contribution in [3.63, 3.8) is 0 Å². The van der Waals surface area contributed by atoms with E-state index >= 15 is 0 Å². The third kappa shape index (κ3) is 4.93. The van der Waals surface area contributed by atoms with Gasteiger partial charge in [-0.15, -0.1) is 0 Å². The molecule has 0 amide bonds. The molecule has 2 rings (SSSR count). The SMILES string of the molecule is Cc1cncc(C)c1.[B]C(C)c1ccccc1Cl. The van der Waals surface area contributed by atoms with Gasteiger partial charge < -0.3 is 0 Å². The van der Waals surface area contributed by atoms with Crippen LogP contribution in [0.1, 0.15) is 29.4 Å². The van der Waals surface area contributed by atoms with Gasteiger partial charge in [-0.1, -0.05) is 48.6 Å². The molecule has 0 saturated heterocycles. The quantitative estimate of drug-likeness (QED) is 0.695. The van der Waals surface area contributed by atoms with Crippen LogP contribution in [0.2, 0.25) is 5.02 Å². The summed E-state index contributed by atoms with van der Waals surface area (Å²) < 4.78 is 0. The van der Waals surface area contributed by atoms with Crippen molar-refractivity contribution in [3.8, 4) is 0 Å². The summed E-state index contributed by atoms with van der Waals surface area (Å²) in [5.74, 6) is 0.0219. The molecule has 1 unspecified atom stereocenters. The lowest BCUT2D eigenvalue weighted by atomic mass is 9.83. The van der Waals surface area contributed by atoms with E-state index in [1.807, 2.05) is 57.4 Å². The minimum atomic E-state index is 0.0219. The van der Waals surface area contributed by atoms with Crippen molar-refractivity contribution in [1.29, 1.82) is 0 Å². The molecule has 2 aromatic rings. The van der Waals surface area contributed by atoms with E-state index in [-0.39, 0.29) is 5.82 Å². The number of halogens is 1. The van der Waals surface area contributed by atoms with Crippen molar-refractivity contribution < 1.29 is 0 Å². The fraction of sp³-hybridized carbons (Fsp3) is 0.267. The Bertz CT molecular complexity index is 480. The molecule has 1 aromatic carbocycles. The topological polar surface area (TPSA) is 12.9 Å². The molecule has 0 aliphatic rings. The first-order chi connectivity index (χ1) is 8.50. The molecule has 0 saturated carbocycles. The molecule has 0 bridgehead atoms.